The van der Waals surface area contributed by atoms with Crippen LogP contribution in [0, 0.1) is 13.8 Å². The van der Waals surface area contributed by atoms with Gasteiger partial charge in [0.2, 0.25) is 5.91 Å². The Kier molecular flexibility index (Phi) is 5.41. The molecule has 2 aromatic rings. The summed E-state index contributed by atoms with van der Waals surface area (Å²) in [6.45, 7) is 4.00. The van der Waals surface area contributed by atoms with Gasteiger partial charge in [0, 0.05) is 11.8 Å². The lowest BCUT2D eigenvalue weighted by molar-refractivity contribution is -0.111. The van der Waals surface area contributed by atoms with Gasteiger partial charge in [0.05, 0.1) is 14.2 Å². The Bertz CT molecular complexity index is 735. The number of carbonyl (C=O) groups excluding carboxylic acids is 1. The molecule has 0 bridgehead atoms. The average molecular weight is 311 g/mol. The SMILES string of the molecule is COc1ccc(/C=C/C(=O)Nc2ccc(C)cc2C)cc1OC. The minimum absolute atomic E-state index is 0.174. The molecule has 23 heavy (non-hydrogen) atoms. The lowest BCUT2D eigenvalue weighted by Crippen LogP contribution is -2.08. The number of hydrogen-bond acceptors (Lipinski definition) is 3. The zero-order chi connectivity index (χ0) is 16.8. The molecule has 0 aliphatic heterocycles. The molecular weight excluding hydrogens is 290 g/mol. The highest BCUT2D eigenvalue weighted by atomic mass is 16.5. The van der Waals surface area contributed by atoms with Crippen LogP contribution in [0.25, 0.3) is 6.08 Å². The molecule has 0 saturated heterocycles. The molecule has 0 aliphatic carbocycles. The summed E-state index contributed by atoms with van der Waals surface area (Å²) < 4.78 is 10.4. The number of anilines is 1. The summed E-state index contributed by atoms with van der Waals surface area (Å²) in [6, 6.07) is 11.4. The maximum absolute atomic E-state index is 12.0. The van der Waals surface area contributed by atoms with Crippen molar-refractivity contribution in [2.75, 3.05) is 19.5 Å². The first-order valence-electron chi connectivity index (χ1n) is 7.32. The number of methoxy groups -OCH3 is 2. The van der Waals surface area contributed by atoms with Crippen LogP contribution in [0.5, 0.6) is 11.5 Å². The predicted octanol–water partition coefficient (Wildman–Crippen LogP) is 3.97. The van der Waals surface area contributed by atoms with E-state index < -0.39 is 0 Å². The van der Waals surface area contributed by atoms with E-state index in [1.54, 1.807) is 26.4 Å². The summed E-state index contributed by atoms with van der Waals surface area (Å²) >= 11 is 0. The fourth-order valence-corrected chi connectivity index (χ4v) is 2.26. The van der Waals surface area contributed by atoms with Crippen LogP contribution in [-0.4, -0.2) is 20.1 Å². The normalized spacial score (nSPS) is 10.6. The van der Waals surface area contributed by atoms with Crippen LogP contribution in [0.2, 0.25) is 0 Å². The van der Waals surface area contributed by atoms with E-state index in [1.165, 1.54) is 11.6 Å². The molecule has 4 heteroatoms. The second-order valence-corrected chi connectivity index (χ2v) is 5.26. The Morgan fingerprint density at radius 3 is 2.39 bits per heavy atom. The number of rotatable bonds is 5. The standard InChI is InChI=1S/C19H21NO3/c1-13-5-8-16(14(2)11-13)20-19(21)10-7-15-6-9-17(22-3)18(12-15)23-4/h5-12H,1-4H3,(H,20,21)/b10-7+. The van der Waals surface area contributed by atoms with E-state index >= 15 is 0 Å². The van der Waals surface area contributed by atoms with E-state index in [1.807, 2.05) is 44.2 Å². The van der Waals surface area contributed by atoms with Crippen LogP contribution >= 0.6 is 0 Å². The minimum atomic E-state index is -0.174. The van der Waals surface area contributed by atoms with Crippen molar-refractivity contribution in [3.05, 3.63) is 59.2 Å². The molecule has 1 amide bonds. The third-order valence-corrected chi connectivity index (χ3v) is 3.47. The van der Waals surface area contributed by atoms with Gasteiger partial charge in [-0.15, -0.1) is 0 Å². The monoisotopic (exact) mass is 311 g/mol. The fourth-order valence-electron chi connectivity index (χ4n) is 2.26. The molecule has 4 nitrogen and oxygen atoms in total. The summed E-state index contributed by atoms with van der Waals surface area (Å²) in [4.78, 5) is 12.0. The summed E-state index contributed by atoms with van der Waals surface area (Å²) in [5.41, 5.74) is 3.88. The van der Waals surface area contributed by atoms with Crippen molar-refractivity contribution in [2.24, 2.45) is 0 Å². The molecule has 0 aromatic heterocycles. The third-order valence-electron chi connectivity index (χ3n) is 3.47. The minimum Gasteiger partial charge on any atom is -0.493 e. The summed E-state index contributed by atoms with van der Waals surface area (Å²) in [7, 11) is 3.17. The summed E-state index contributed by atoms with van der Waals surface area (Å²) in [5, 5.41) is 2.88. The van der Waals surface area contributed by atoms with Crippen molar-refractivity contribution in [1.82, 2.24) is 0 Å². The predicted molar refractivity (Wildman–Crippen MR) is 93.1 cm³/mol. The van der Waals surface area contributed by atoms with Gasteiger partial charge >= 0.3 is 0 Å². The Hall–Kier alpha value is -2.75. The summed E-state index contributed by atoms with van der Waals surface area (Å²) in [5.74, 6) is 1.11. The van der Waals surface area contributed by atoms with Gasteiger partial charge in [-0.3, -0.25) is 4.79 Å². The van der Waals surface area contributed by atoms with Crippen LogP contribution in [0.1, 0.15) is 16.7 Å². The highest BCUT2D eigenvalue weighted by molar-refractivity contribution is 6.02. The molecule has 0 fully saturated rings. The average Bonchev–Trinajstić information content (AvgIpc) is 2.55. The molecule has 2 aromatic carbocycles. The molecule has 0 unspecified atom stereocenters. The van der Waals surface area contributed by atoms with Crippen LogP contribution < -0.4 is 14.8 Å². The first-order valence-corrected chi connectivity index (χ1v) is 7.32. The molecule has 0 spiro atoms. The topological polar surface area (TPSA) is 47.6 Å². The summed E-state index contributed by atoms with van der Waals surface area (Å²) in [6.07, 6.45) is 3.24. The van der Waals surface area contributed by atoms with Gasteiger partial charge in [-0.2, -0.15) is 0 Å². The van der Waals surface area contributed by atoms with Crippen molar-refractivity contribution in [1.29, 1.82) is 0 Å². The van der Waals surface area contributed by atoms with Gasteiger partial charge in [0.25, 0.3) is 0 Å². The van der Waals surface area contributed by atoms with Crippen molar-refractivity contribution in [2.45, 2.75) is 13.8 Å². The Labute approximate surface area is 136 Å². The first kappa shape index (κ1) is 16.6. The van der Waals surface area contributed by atoms with Crippen LogP contribution in [0.3, 0.4) is 0 Å². The van der Waals surface area contributed by atoms with E-state index in [2.05, 4.69) is 5.32 Å². The van der Waals surface area contributed by atoms with E-state index in [4.69, 9.17) is 9.47 Å². The Morgan fingerprint density at radius 1 is 1.00 bits per heavy atom. The second kappa shape index (κ2) is 7.49. The van der Waals surface area contributed by atoms with Crippen molar-refractivity contribution < 1.29 is 14.3 Å². The number of hydrogen-bond donors (Lipinski definition) is 1. The smallest absolute Gasteiger partial charge is 0.248 e. The number of aryl methyl sites for hydroxylation is 2. The number of nitrogens with one attached hydrogen (secondary N) is 1. The van der Waals surface area contributed by atoms with Crippen LogP contribution in [0.4, 0.5) is 5.69 Å². The lowest BCUT2D eigenvalue weighted by atomic mass is 10.1. The van der Waals surface area contributed by atoms with Crippen molar-refractivity contribution in [3.63, 3.8) is 0 Å². The van der Waals surface area contributed by atoms with Gasteiger partial charge in [-0.1, -0.05) is 23.8 Å². The number of benzene rings is 2. The van der Waals surface area contributed by atoms with Crippen molar-refractivity contribution in [3.8, 4) is 11.5 Å². The highest BCUT2D eigenvalue weighted by Crippen LogP contribution is 2.28. The van der Waals surface area contributed by atoms with Crippen LogP contribution in [-0.2, 0) is 4.79 Å². The second-order valence-electron chi connectivity index (χ2n) is 5.26. The quantitative estimate of drug-likeness (QED) is 0.850. The molecule has 0 saturated carbocycles. The van der Waals surface area contributed by atoms with E-state index in [9.17, 15) is 4.79 Å². The number of ether oxygens (including phenoxy) is 2. The van der Waals surface area contributed by atoms with Gasteiger partial charge in [-0.25, -0.2) is 0 Å². The number of carbonyl (C=O) groups is 1. The first-order chi connectivity index (χ1) is 11.0. The Balaban J connectivity index is 2.09. The zero-order valence-electron chi connectivity index (χ0n) is 13.8. The molecule has 0 radical (unpaired) electrons. The third kappa shape index (κ3) is 4.36. The molecule has 0 aliphatic rings. The van der Waals surface area contributed by atoms with Gasteiger partial charge in [-0.05, 0) is 49.2 Å². The molecule has 0 atom stereocenters. The van der Waals surface area contributed by atoms with E-state index in [0.717, 1.165) is 16.8 Å². The molecule has 1 N–H and O–H groups in total. The van der Waals surface area contributed by atoms with E-state index in [0.29, 0.717) is 11.5 Å². The number of amides is 1. The maximum Gasteiger partial charge on any atom is 0.248 e. The van der Waals surface area contributed by atoms with E-state index in [-0.39, 0.29) is 5.91 Å². The molecular formula is C19H21NO3. The van der Waals surface area contributed by atoms with Gasteiger partial charge in [0.15, 0.2) is 11.5 Å². The Morgan fingerprint density at radius 2 is 1.74 bits per heavy atom. The molecule has 2 rings (SSSR count). The lowest BCUT2D eigenvalue weighted by Gasteiger charge is -2.08. The van der Waals surface area contributed by atoms with Crippen molar-refractivity contribution >= 4 is 17.7 Å². The maximum atomic E-state index is 12.0. The van der Waals surface area contributed by atoms with Crippen LogP contribution in [0.15, 0.2) is 42.5 Å². The van der Waals surface area contributed by atoms with Gasteiger partial charge < -0.3 is 14.8 Å². The zero-order valence-corrected chi connectivity index (χ0v) is 13.8. The largest absolute Gasteiger partial charge is 0.493 e. The fraction of sp³-hybridized carbons (Fsp3) is 0.211. The molecule has 120 valence electrons. The molecule has 0 heterocycles. The highest BCUT2D eigenvalue weighted by Gasteiger charge is 2.04. The van der Waals surface area contributed by atoms with Gasteiger partial charge in [0.1, 0.15) is 0 Å².